The number of benzene rings is 7. The lowest BCUT2D eigenvalue weighted by Crippen LogP contribution is -2.09. The molecule has 0 atom stereocenters. The standard InChI is InChI=1S/C43H29IN2O/c44-33-25-28-41-42(29-33)47-43(45-41)32-21-19-30(20-22-32)37-15-7-9-17-39(37)40-18-10-8-16-38(40)31-23-26-36(27-24-31)46(34-11-3-1-4-12-34)35-13-5-2-6-14-35/h1-29H. The Labute approximate surface area is 287 Å². The van der Waals surface area contributed by atoms with Crippen molar-refractivity contribution < 1.29 is 4.42 Å². The highest BCUT2D eigenvalue weighted by Crippen LogP contribution is 2.40. The van der Waals surface area contributed by atoms with Crippen LogP contribution in [-0.4, -0.2) is 4.98 Å². The van der Waals surface area contributed by atoms with Crippen LogP contribution >= 0.6 is 22.6 Å². The number of aromatic nitrogens is 1. The minimum absolute atomic E-state index is 0.633. The number of nitrogens with zero attached hydrogens (tertiary/aromatic N) is 2. The van der Waals surface area contributed by atoms with Gasteiger partial charge in [-0.3, -0.25) is 0 Å². The van der Waals surface area contributed by atoms with E-state index in [9.17, 15) is 0 Å². The van der Waals surface area contributed by atoms with E-state index in [1.54, 1.807) is 0 Å². The fourth-order valence-corrected chi connectivity index (χ4v) is 6.61. The van der Waals surface area contributed by atoms with Crippen molar-refractivity contribution in [1.29, 1.82) is 0 Å². The van der Waals surface area contributed by atoms with Gasteiger partial charge in [0.05, 0.1) is 0 Å². The van der Waals surface area contributed by atoms with Gasteiger partial charge in [0.15, 0.2) is 5.58 Å². The molecule has 8 aromatic rings. The van der Waals surface area contributed by atoms with E-state index in [4.69, 9.17) is 9.40 Å². The number of hydrogen-bond acceptors (Lipinski definition) is 3. The first-order valence-corrected chi connectivity index (χ1v) is 16.7. The predicted molar refractivity (Wildman–Crippen MR) is 203 cm³/mol. The summed E-state index contributed by atoms with van der Waals surface area (Å²) in [6, 6.07) is 61.8. The van der Waals surface area contributed by atoms with Gasteiger partial charge in [-0.1, -0.05) is 109 Å². The maximum absolute atomic E-state index is 6.09. The van der Waals surface area contributed by atoms with Gasteiger partial charge < -0.3 is 9.32 Å². The van der Waals surface area contributed by atoms with Crippen molar-refractivity contribution in [3.05, 3.63) is 179 Å². The minimum Gasteiger partial charge on any atom is -0.436 e. The van der Waals surface area contributed by atoms with Gasteiger partial charge in [-0.05, 0) is 123 Å². The van der Waals surface area contributed by atoms with Gasteiger partial charge in [0.1, 0.15) is 5.52 Å². The zero-order valence-corrected chi connectivity index (χ0v) is 27.6. The number of halogens is 1. The molecule has 0 amide bonds. The van der Waals surface area contributed by atoms with Gasteiger partial charge in [0, 0.05) is 26.2 Å². The summed E-state index contributed by atoms with van der Waals surface area (Å²) in [4.78, 5) is 7.00. The second-order valence-electron chi connectivity index (χ2n) is 11.4. The molecule has 224 valence electrons. The SMILES string of the molecule is Ic1ccc2nc(-c3ccc(-c4ccccc4-c4ccccc4-c4ccc(N(c5ccccc5)c5ccccc5)cc4)cc3)oc2c1. The third-order valence-electron chi connectivity index (χ3n) is 8.40. The monoisotopic (exact) mass is 716 g/mol. The Kier molecular flexibility index (Phi) is 7.85. The molecule has 0 saturated heterocycles. The summed E-state index contributed by atoms with van der Waals surface area (Å²) < 4.78 is 7.22. The Bertz CT molecular complexity index is 2250. The fourth-order valence-electron chi connectivity index (χ4n) is 6.15. The zero-order chi connectivity index (χ0) is 31.6. The van der Waals surface area contributed by atoms with Crippen LogP contribution < -0.4 is 4.90 Å². The van der Waals surface area contributed by atoms with Crippen LogP contribution in [0.5, 0.6) is 0 Å². The summed E-state index contributed by atoms with van der Waals surface area (Å²) in [5, 5.41) is 0. The van der Waals surface area contributed by atoms with Crippen molar-refractivity contribution in [1.82, 2.24) is 4.98 Å². The van der Waals surface area contributed by atoms with Gasteiger partial charge in [0.2, 0.25) is 5.89 Å². The van der Waals surface area contributed by atoms with Crippen LogP contribution in [0.3, 0.4) is 0 Å². The minimum atomic E-state index is 0.633. The van der Waals surface area contributed by atoms with Gasteiger partial charge in [-0.25, -0.2) is 4.98 Å². The van der Waals surface area contributed by atoms with Gasteiger partial charge in [0.25, 0.3) is 0 Å². The van der Waals surface area contributed by atoms with Crippen LogP contribution in [0, 0.1) is 3.57 Å². The van der Waals surface area contributed by atoms with Crippen LogP contribution in [0.25, 0.3) is 55.9 Å². The van der Waals surface area contributed by atoms with Gasteiger partial charge in [-0.15, -0.1) is 0 Å². The van der Waals surface area contributed by atoms with Crippen LogP contribution in [-0.2, 0) is 0 Å². The van der Waals surface area contributed by atoms with Gasteiger partial charge >= 0.3 is 0 Å². The summed E-state index contributed by atoms with van der Waals surface area (Å²) in [6.07, 6.45) is 0. The lowest BCUT2D eigenvalue weighted by Gasteiger charge is -2.25. The summed E-state index contributed by atoms with van der Waals surface area (Å²) >= 11 is 2.29. The van der Waals surface area contributed by atoms with Crippen molar-refractivity contribution >= 4 is 50.8 Å². The molecular weight excluding hydrogens is 687 g/mol. The molecule has 7 aromatic carbocycles. The summed E-state index contributed by atoms with van der Waals surface area (Å²) in [5.74, 6) is 0.633. The molecule has 0 aliphatic heterocycles. The number of anilines is 3. The molecule has 0 fully saturated rings. The highest BCUT2D eigenvalue weighted by molar-refractivity contribution is 14.1. The Morgan fingerprint density at radius 3 is 1.43 bits per heavy atom. The fraction of sp³-hybridized carbons (Fsp3) is 0. The van der Waals surface area contributed by atoms with Crippen molar-refractivity contribution in [2.75, 3.05) is 4.90 Å². The average molecular weight is 717 g/mol. The van der Waals surface area contributed by atoms with E-state index in [-0.39, 0.29) is 0 Å². The molecule has 0 unspecified atom stereocenters. The van der Waals surface area contributed by atoms with E-state index >= 15 is 0 Å². The number of hydrogen-bond donors (Lipinski definition) is 0. The first kappa shape index (κ1) is 29.0. The highest BCUT2D eigenvalue weighted by Gasteiger charge is 2.16. The van der Waals surface area contributed by atoms with Gasteiger partial charge in [-0.2, -0.15) is 0 Å². The molecular formula is C43H29IN2O. The molecule has 0 spiro atoms. The third-order valence-corrected chi connectivity index (χ3v) is 9.07. The van der Waals surface area contributed by atoms with E-state index in [1.807, 2.05) is 18.2 Å². The Morgan fingerprint density at radius 2 is 0.872 bits per heavy atom. The lowest BCUT2D eigenvalue weighted by molar-refractivity contribution is 0.619. The Hall–Kier alpha value is -5.46. The van der Waals surface area contributed by atoms with Crippen LogP contribution in [0.2, 0.25) is 0 Å². The maximum Gasteiger partial charge on any atom is 0.227 e. The first-order chi connectivity index (χ1) is 23.2. The van der Waals surface area contributed by atoms with E-state index in [0.717, 1.165) is 42.9 Å². The summed E-state index contributed by atoms with van der Waals surface area (Å²) in [6.45, 7) is 0. The number of rotatable bonds is 7. The number of para-hydroxylation sites is 2. The Balaban J connectivity index is 1.14. The highest BCUT2D eigenvalue weighted by atomic mass is 127. The van der Waals surface area contributed by atoms with E-state index in [0.29, 0.717) is 5.89 Å². The number of fused-ring (bicyclic) bond motifs is 1. The van der Waals surface area contributed by atoms with Crippen molar-refractivity contribution in [2.24, 2.45) is 0 Å². The van der Waals surface area contributed by atoms with E-state index in [1.165, 1.54) is 27.8 Å². The molecule has 8 rings (SSSR count). The quantitative estimate of drug-likeness (QED) is 0.154. The van der Waals surface area contributed by atoms with Crippen molar-refractivity contribution in [2.45, 2.75) is 0 Å². The maximum atomic E-state index is 6.09. The first-order valence-electron chi connectivity index (χ1n) is 15.6. The zero-order valence-electron chi connectivity index (χ0n) is 25.4. The molecule has 4 heteroatoms. The largest absolute Gasteiger partial charge is 0.436 e. The van der Waals surface area contributed by atoms with Crippen molar-refractivity contribution in [3.63, 3.8) is 0 Å². The molecule has 0 bridgehead atoms. The molecule has 0 aliphatic carbocycles. The molecule has 0 saturated carbocycles. The molecule has 1 aromatic heterocycles. The van der Waals surface area contributed by atoms with E-state index in [2.05, 4.69) is 185 Å². The van der Waals surface area contributed by atoms with Crippen LogP contribution in [0.1, 0.15) is 0 Å². The predicted octanol–water partition coefficient (Wildman–Crippen LogP) is 12.6. The molecule has 3 nitrogen and oxygen atoms in total. The smallest absolute Gasteiger partial charge is 0.227 e. The third kappa shape index (κ3) is 5.84. The topological polar surface area (TPSA) is 29.3 Å². The normalized spacial score (nSPS) is 11.1. The molecule has 0 radical (unpaired) electrons. The van der Waals surface area contributed by atoms with Crippen molar-refractivity contribution in [3.8, 4) is 44.8 Å². The van der Waals surface area contributed by atoms with E-state index < -0.39 is 0 Å². The van der Waals surface area contributed by atoms with Crippen LogP contribution in [0.15, 0.2) is 180 Å². The Morgan fingerprint density at radius 1 is 0.426 bits per heavy atom. The molecule has 47 heavy (non-hydrogen) atoms. The molecule has 0 N–H and O–H groups in total. The summed E-state index contributed by atoms with van der Waals surface area (Å²) in [5.41, 5.74) is 13.0. The molecule has 0 aliphatic rings. The lowest BCUT2D eigenvalue weighted by atomic mass is 9.89. The van der Waals surface area contributed by atoms with Crippen LogP contribution in [0.4, 0.5) is 17.1 Å². The average Bonchev–Trinajstić information content (AvgIpc) is 3.56. The second-order valence-corrected chi connectivity index (χ2v) is 12.6. The number of oxazole rings is 1. The summed E-state index contributed by atoms with van der Waals surface area (Å²) in [7, 11) is 0. The molecule has 1 heterocycles. The second kappa shape index (κ2) is 12.7.